The highest BCUT2D eigenvalue weighted by Crippen LogP contribution is 2.39. The summed E-state index contributed by atoms with van der Waals surface area (Å²) in [6, 6.07) is 0. The van der Waals surface area contributed by atoms with Crippen LogP contribution in [0.4, 0.5) is 0 Å². The molecular weight excluding hydrogens is 227 g/mol. The molecule has 2 fully saturated rings. The fourth-order valence-electron chi connectivity index (χ4n) is 2.48. The Kier molecular flexibility index (Phi) is 4.65. The molecule has 0 amide bonds. The van der Waals surface area contributed by atoms with E-state index >= 15 is 0 Å². The maximum absolute atomic E-state index is 10.9. The van der Waals surface area contributed by atoms with E-state index in [-0.39, 0.29) is 30.7 Å². The molecule has 0 aromatic carbocycles. The summed E-state index contributed by atoms with van der Waals surface area (Å²) in [4.78, 5) is 10.9. The number of halogens is 2. The SMILES string of the molecule is Cl.Cl.N[C@@]1(C(=O)O)C[C@H]2CNC[C@@H]1C2. The molecule has 2 bridgehead atoms. The van der Waals surface area contributed by atoms with Crippen LogP contribution in [-0.4, -0.2) is 29.7 Å². The highest BCUT2D eigenvalue weighted by molar-refractivity contribution is 5.85. The van der Waals surface area contributed by atoms with Crippen molar-refractivity contribution >= 4 is 30.8 Å². The first-order chi connectivity index (χ1) is 5.63. The molecule has 2 rings (SSSR count). The molecule has 84 valence electrons. The van der Waals surface area contributed by atoms with Crippen molar-refractivity contribution in [1.82, 2.24) is 5.32 Å². The molecule has 0 aromatic heterocycles. The predicted octanol–water partition coefficient (Wildman–Crippen LogP) is 0.241. The van der Waals surface area contributed by atoms with Crippen molar-refractivity contribution in [2.75, 3.05) is 13.1 Å². The lowest BCUT2D eigenvalue weighted by atomic mass is 9.88. The quantitative estimate of drug-likeness (QED) is 0.616. The second kappa shape index (κ2) is 4.66. The van der Waals surface area contributed by atoms with Crippen LogP contribution in [0.1, 0.15) is 12.8 Å². The second-order valence-corrected chi connectivity index (χ2v) is 4.01. The third kappa shape index (κ3) is 1.98. The molecule has 0 radical (unpaired) electrons. The zero-order valence-electron chi connectivity index (χ0n) is 7.73. The third-order valence-corrected chi connectivity index (χ3v) is 3.19. The average Bonchev–Trinajstić information content (AvgIpc) is 2.25. The van der Waals surface area contributed by atoms with Crippen LogP contribution in [0.2, 0.25) is 0 Å². The molecule has 0 spiro atoms. The van der Waals surface area contributed by atoms with E-state index in [0.29, 0.717) is 12.3 Å². The Hall–Kier alpha value is -0.0300. The first-order valence-corrected chi connectivity index (χ1v) is 4.36. The molecule has 4 nitrogen and oxygen atoms in total. The van der Waals surface area contributed by atoms with E-state index < -0.39 is 11.5 Å². The Morgan fingerprint density at radius 2 is 2.07 bits per heavy atom. The van der Waals surface area contributed by atoms with Crippen molar-refractivity contribution in [1.29, 1.82) is 0 Å². The van der Waals surface area contributed by atoms with E-state index in [9.17, 15) is 4.79 Å². The van der Waals surface area contributed by atoms with Crippen LogP contribution in [0.25, 0.3) is 0 Å². The zero-order valence-corrected chi connectivity index (χ0v) is 9.37. The van der Waals surface area contributed by atoms with Gasteiger partial charge in [0.05, 0.1) is 0 Å². The van der Waals surface area contributed by atoms with Gasteiger partial charge in [-0.15, -0.1) is 24.8 Å². The lowest BCUT2D eigenvalue weighted by molar-refractivity contribution is -0.144. The van der Waals surface area contributed by atoms with E-state index in [2.05, 4.69) is 5.32 Å². The van der Waals surface area contributed by atoms with Crippen LogP contribution in [0.5, 0.6) is 0 Å². The average molecular weight is 243 g/mol. The van der Waals surface area contributed by atoms with Gasteiger partial charge in [0, 0.05) is 12.5 Å². The monoisotopic (exact) mass is 242 g/mol. The lowest BCUT2D eigenvalue weighted by Gasteiger charge is -2.26. The zero-order chi connectivity index (χ0) is 8.77. The molecule has 4 N–H and O–H groups in total. The maximum atomic E-state index is 10.9. The molecule has 0 unspecified atom stereocenters. The number of hydrogen-bond acceptors (Lipinski definition) is 3. The van der Waals surface area contributed by atoms with Gasteiger partial charge in [0.25, 0.3) is 0 Å². The van der Waals surface area contributed by atoms with Gasteiger partial charge in [-0.2, -0.15) is 0 Å². The minimum atomic E-state index is -0.950. The van der Waals surface area contributed by atoms with E-state index in [4.69, 9.17) is 10.8 Å². The third-order valence-electron chi connectivity index (χ3n) is 3.19. The summed E-state index contributed by atoms with van der Waals surface area (Å²) >= 11 is 0. The summed E-state index contributed by atoms with van der Waals surface area (Å²) in [7, 11) is 0. The highest BCUT2D eigenvalue weighted by atomic mass is 35.5. The Labute approximate surface area is 95.4 Å². The molecule has 3 atom stereocenters. The number of carbonyl (C=O) groups is 1. The Morgan fingerprint density at radius 3 is 2.57 bits per heavy atom. The molecular formula is C8H16Cl2N2O2. The van der Waals surface area contributed by atoms with Crippen LogP contribution in [0.15, 0.2) is 0 Å². The first kappa shape index (κ1) is 14.0. The summed E-state index contributed by atoms with van der Waals surface area (Å²) < 4.78 is 0. The number of rotatable bonds is 1. The van der Waals surface area contributed by atoms with E-state index in [1.165, 1.54) is 0 Å². The number of carboxylic acid groups (broad SMARTS) is 1. The Bertz CT molecular complexity index is 227. The predicted molar refractivity (Wildman–Crippen MR) is 58.1 cm³/mol. The van der Waals surface area contributed by atoms with E-state index in [0.717, 1.165) is 19.5 Å². The van der Waals surface area contributed by atoms with Crippen LogP contribution in [0, 0.1) is 11.8 Å². The molecule has 0 aromatic rings. The van der Waals surface area contributed by atoms with Crippen LogP contribution in [-0.2, 0) is 4.79 Å². The number of nitrogens with one attached hydrogen (secondary N) is 1. The molecule has 6 heteroatoms. The summed E-state index contributed by atoms with van der Waals surface area (Å²) in [5, 5.41) is 12.2. The maximum Gasteiger partial charge on any atom is 0.324 e. The van der Waals surface area contributed by atoms with E-state index in [1.54, 1.807) is 0 Å². The van der Waals surface area contributed by atoms with Gasteiger partial charge in [0.2, 0.25) is 0 Å². The van der Waals surface area contributed by atoms with Crippen LogP contribution in [0.3, 0.4) is 0 Å². The topological polar surface area (TPSA) is 75.4 Å². The van der Waals surface area contributed by atoms with Gasteiger partial charge < -0.3 is 16.2 Å². The fraction of sp³-hybridized carbons (Fsp3) is 0.875. The first-order valence-electron chi connectivity index (χ1n) is 4.36. The summed E-state index contributed by atoms with van der Waals surface area (Å²) in [6.45, 7) is 1.70. The number of nitrogens with two attached hydrogens (primary N) is 1. The number of fused-ring (bicyclic) bond motifs is 2. The number of carboxylic acids is 1. The lowest BCUT2D eigenvalue weighted by Crippen LogP contribution is -2.53. The molecule has 2 aliphatic rings. The van der Waals surface area contributed by atoms with Gasteiger partial charge in [0.1, 0.15) is 5.54 Å². The molecule has 1 saturated heterocycles. The number of hydrogen-bond donors (Lipinski definition) is 3. The summed E-state index contributed by atoms with van der Waals surface area (Å²) in [5.41, 5.74) is 4.90. The minimum Gasteiger partial charge on any atom is -0.480 e. The fourth-order valence-corrected chi connectivity index (χ4v) is 2.48. The van der Waals surface area contributed by atoms with Crippen LogP contribution >= 0.6 is 24.8 Å². The van der Waals surface area contributed by atoms with Gasteiger partial charge in [-0.1, -0.05) is 0 Å². The minimum absolute atomic E-state index is 0. The van der Waals surface area contributed by atoms with Crippen molar-refractivity contribution in [2.45, 2.75) is 18.4 Å². The smallest absolute Gasteiger partial charge is 0.324 e. The standard InChI is InChI=1S/C8H14N2O2.2ClH/c9-8(7(11)12)2-5-1-6(8)4-10-3-5;;/h5-6,10H,1-4,9H2,(H,11,12);2*1H/t5-,6-,8-;;/m0../s1. The molecule has 1 aliphatic carbocycles. The van der Waals surface area contributed by atoms with Gasteiger partial charge in [-0.05, 0) is 25.3 Å². The highest BCUT2D eigenvalue weighted by Gasteiger charge is 2.51. The van der Waals surface area contributed by atoms with Crippen molar-refractivity contribution < 1.29 is 9.90 Å². The van der Waals surface area contributed by atoms with E-state index in [1.807, 2.05) is 0 Å². The normalized spacial score (nSPS) is 39.5. The van der Waals surface area contributed by atoms with Gasteiger partial charge >= 0.3 is 5.97 Å². The van der Waals surface area contributed by atoms with Crippen molar-refractivity contribution in [3.63, 3.8) is 0 Å². The number of aliphatic carboxylic acids is 1. The molecule has 1 heterocycles. The van der Waals surface area contributed by atoms with Gasteiger partial charge in [0.15, 0.2) is 0 Å². The van der Waals surface area contributed by atoms with Crippen LogP contribution < -0.4 is 11.1 Å². The van der Waals surface area contributed by atoms with Crippen molar-refractivity contribution in [3.8, 4) is 0 Å². The largest absolute Gasteiger partial charge is 0.480 e. The van der Waals surface area contributed by atoms with Crippen molar-refractivity contribution in [2.24, 2.45) is 17.6 Å². The van der Waals surface area contributed by atoms with Crippen molar-refractivity contribution in [3.05, 3.63) is 0 Å². The molecule has 1 saturated carbocycles. The Balaban J connectivity index is 0.000000845. The number of piperidine rings is 1. The van der Waals surface area contributed by atoms with Gasteiger partial charge in [-0.3, -0.25) is 4.79 Å². The molecule has 14 heavy (non-hydrogen) atoms. The second-order valence-electron chi connectivity index (χ2n) is 4.01. The molecule has 1 aliphatic heterocycles. The Morgan fingerprint density at radius 1 is 1.43 bits per heavy atom. The van der Waals surface area contributed by atoms with Gasteiger partial charge in [-0.25, -0.2) is 0 Å². The summed E-state index contributed by atoms with van der Waals surface area (Å²) in [5.74, 6) is -0.225. The summed E-state index contributed by atoms with van der Waals surface area (Å²) in [6.07, 6.45) is 1.62.